The molecule has 1 aliphatic rings. The molecular formula is C21H24ClN5O. The Morgan fingerprint density at radius 3 is 2.43 bits per heavy atom. The van der Waals surface area contributed by atoms with Gasteiger partial charge >= 0.3 is 0 Å². The van der Waals surface area contributed by atoms with Gasteiger partial charge in [-0.3, -0.25) is 4.79 Å². The minimum atomic E-state index is -0.264. The van der Waals surface area contributed by atoms with Crippen LogP contribution in [-0.2, 0) is 10.2 Å². The standard InChI is InChI=1S/C21H24ClN5O/c1-15-12-18(14-23)25-20(24-15)27-10-8-26(9-11-27)19(28)13-21(2,3)16-4-6-17(22)7-5-16/h4-7,12H,8-11,13H2,1-3H3. The highest BCUT2D eigenvalue weighted by Gasteiger charge is 2.29. The monoisotopic (exact) mass is 397 g/mol. The molecule has 0 unspecified atom stereocenters. The molecule has 146 valence electrons. The number of amides is 1. The van der Waals surface area contributed by atoms with Crippen molar-refractivity contribution in [1.82, 2.24) is 14.9 Å². The van der Waals surface area contributed by atoms with Crippen molar-refractivity contribution in [2.45, 2.75) is 32.6 Å². The Labute approximate surface area is 170 Å². The van der Waals surface area contributed by atoms with Gasteiger partial charge in [0.15, 0.2) is 0 Å². The summed E-state index contributed by atoms with van der Waals surface area (Å²) >= 11 is 5.97. The number of nitrogens with zero attached hydrogens (tertiary/aromatic N) is 5. The van der Waals surface area contributed by atoms with E-state index in [9.17, 15) is 4.79 Å². The van der Waals surface area contributed by atoms with Crippen molar-refractivity contribution in [3.8, 4) is 6.07 Å². The summed E-state index contributed by atoms with van der Waals surface area (Å²) in [6.45, 7) is 8.56. The van der Waals surface area contributed by atoms with E-state index >= 15 is 0 Å². The lowest BCUT2D eigenvalue weighted by atomic mass is 9.81. The zero-order valence-electron chi connectivity index (χ0n) is 16.4. The molecule has 0 spiro atoms. The first kappa shape index (κ1) is 20.1. The van der Waals surface area contributed by atoms with E-state index in [1.807, 2.05) is 41.0 Å². The molecule has 0 radical (unpaired) electrons. The molecular weight excluding hydrogens is 374 g/mol. The predicted molar refractivity (Wildman–Crippen MR) is 109 cm³/mol. The molecule has 1 aliphatic heterocycles. The Bertz CT molecular complexity index is 896. The average molecular weight is 398 g/mol. The highest BCUT2D eigenvalue weighted by molar-refractivity contribution is 6.30. The molecule has 0 N–H and O–H groups in total. The van der Waals surface area contributed by atoms with Crippen LogP contribution in [-0.4, -0.2) is 47.0 Å². The van der Waals surface area contributed by atoms with Crippen LogP contribution in [0, 0.1) is 18.3 Å². The first-order chi connectivity index (χ1) is 13.3. The topological polar surface area (TPSA) is 73.1 Å². The van der Waals surface area contributed by atoms with E-state index < -0.39 is 0 Å². The molecule has 1 amide bonds. The summed E-state index contributed by atoms with van der Waals surface area (Å²) in [5, 5.41) is 9.79. The van der Waals surface area contributed by atoms with Crippen LogP contribution >= 0.6 is 11.6 Å². The third-order valence-electron chi connectivity index (χ3n) is 5.09. The van der Waals surface area contributed by atoms with Crippen LogP contribution < -0.4 is 4.90 Å². The van der Waals surface area contributed by atoms with Gasteiger partial charge in [0.25, 0.3) is 0 Å². The van der Waals surface area contributed by atoms with Gasteiger partial charge in [0, 0.05) is 43.3 Å². The van der Waals surface area contributed by atoms with E-state index in [-0.39, 0.29) is 11.3 Å². The maximum Gasteiger partial charge on any atom is 0.226 e. The fraction of sp³-hybridized carbons (Fsp3) is 0.429. The van der Waals surface area contributed by atoms with Crippen molar-refractivity contribution in [1.29, 1.82) is 5.26 Å². The van der Waals surface area contributed by atoms with Gasteiger partial charge in [-0.25, -0.2) is 9.97 Å². The zero-order valence-corrected chi connectivity index (χ0v) is 17.2. The van der Waals surface area contributed by atoms with Crippen molar-refractivity contribution >= 4 is 23.5 Å². The summed E-state index contributed by atoms with van der Waals surface area (Å²) < 4.78 is 0. The number of anilines is 1. The number of halogens is 1. The first-order valence-electron chi connectivity index (χ1n) is 9.33. The molecule has 28 heavy (non-hydrogen) atoms. The summed E-state index contributed by atoms with van der Waals surface area (Å²) in [5.41, 5.74) is 1.97. The van der Waals surface area contributed by atoms with Gasteiger partial charge in [0.2, 0.25) is 11.9 Å². The summed E-state index contributed by atoms with van der Waals surface area (Å²) in [6.07, 6.45) is 0.439. The normalized spacial score (nSPS) is 14.7. The van der Waals surface area contributed by atoms with E-state index in [1.54, 1.807) is 6.07 Å². The number of hydrogen-bond acceptors (Lipinski definition) is 5. The molecule has 0 aliphatic carbocycles. The molecule has 7 heteroatoms. The number of nitriles is 1. The van der Waals surface area contributed by atoms with Crippen LogP contribution in [0.1, 0.15) is 37.2 Å². The predicted octanol–water partition coefficient (Wildman–Crippen LogP) is 3.33. The Balaban J connectivity index is 1.61. The minimum Gasteiger partial charge on any atom is -0.339 e. The second-order valence-corrected chi connectivity index (χ2v) is 8.18. The number of piperazine rings is 1. The van der Waals surface area contributed by atoms with E-state index in [4.69, 9.17) is 16.9 Å². The highest BCUT2D eigenvalue weighted by Crippen LogP contribution is 2.29. The van der Waals surface area contributed by atoms with Crippen molar-refractivity contribution in [3.63, 3.8) is 0 Å². The molecule has 1 aromatic carbocycles. The van der Waals surface area contributed by atoms with Crippen molar-refractivity contribution in [2.75, 3.05) is 31.1 Å². The first-order valence-corrected chi connectivity index (χ1v) is 9.71. The van der Waals surface area contributed by atoms with E-state index in [0.717, 1.165) is 11.3 Å². The Kier molecular flexibility index (Phi) is 5.85. The van der Waals surface area contributed by atoms with Crippen LogP contribution in [0.2, 0.25) is 5.02 Å². The lowest BCUT2D eigenvalue weighted by Gasteiger charge is -2.36. The third-order valence-corrected chi connectivity index (χ3v) is 5.34. The molecule has 2 heterocycles. The molecule has 0 atom stereocenters. The largest absolute Gasteiger partial charge is 0.339 e. The van der Waals surface area contributed by atoms with Crippen LogP contribution in [0.5, 0.6) is 0 Å². The lowest BCUT2D eigenvalue weighted by molar-refractivity contribution is -0.132. The van der Waals surface area contributed by atoms with Crippen molar-refractivity contribution in [2.24, 2.45) is 0 Å². The number of aryl methyl sites for hydroxylation is 1. The summed E-state index contributed by atoms with van der Waals surface area (Å²) in [6, 6.07) is 11.4. The van der Waals surface area contributed by atoms with Gasteiger partial charge < -0.3 is 9.80 Å². The maximum absolute atomic E-state index is 12.9. The minimum absolute atomic E-state index is 0.141. The van der Waals surface area contributed by atoms with Crippen LogP contribution in [0.25, 0.3) is 0 Å². The van der Waals surface area contributed by atoms with Gasteiger partial charge in [-0.15, -0.1) is 0 Å². The Hall–Kier alpha value is -2.65. The van der Waals surface area contributed by atoms with E-state index in [0.29, 0.717) is 49.3 Å². The molecule has 1 aromatic heterocycles. The summed E-state index contributed by atoms with van der Waals surface area (Å²) in [4.78, 5) is 25.5. The maximum atomic E-state index is 12.9. The molecule has 6 nitrogen and oxygen atoms in total. The van der Waals surface area contributed by atoms with Gasteiger partial charge in [-0.2, -0.15) is 5.26 Å². The third kappa shape index (κ3) is 4.60. The van der Waals surface area contributed by atoms with Crippen LogP contribution in [0.4, 0.5) is 5.95 Å². The number of aromatic nitrogens is 2. The van der Waals surface area contributed by atoms with Gasteiger partial charge in [0.1, 0.15) is 11.8 Å². The molecule has 1 saturated heterocycles. The van der Waals surface area contributed by atoms with Crippen LogP contribution in [0.3, 0.4) is 0 Å². The molecule has 1 fully saturated rings. The van der Waals surface area contributed by atoms with E-state index in [1.165, 1.54) is 0 Å². The second-order valence-electron chi connectivity index (χ2n) is 7.74. The lowest BCUT2D eigenvalue weighted by Crippen LogP contribution is -2.50. The number of rotatable bonds is 4. The fourth-order valence-corrected chi connectivity index (χ4v) is 3.53. The fourth-order valence-electron chi connectivity index (χ4n) is 3.40. The Morgan fingerprint density at radius 1 is 1.18 bits per heavy atom. The molecule has 0 saturated carbocycles. The highest BCUT2D eigenvalue weighted by atomic mass is 35.5. The van der Waals surface area contributed by atoms with Gasteiger partial charge in [0.05, 0.1) is 0 Å². The van der Waals surface area contributed by atoms with Crippen molar-refractivity contribution < 1.29 is 4.79 Å². The average Bonchev–Trinajstić information content (AvgIpc) is 2.67. The number of hydrogen-bond donors (Lipinski definition) is 0. The summed E-state index contributed by atoms with van der Waals surface area (Å²) in [7, 11) is 0. The van der Waals surface area contributed by atoms with Gasteiger partial charge in [-0.1, -0.05) is 37.6 Å². The number of benzene rings is 1. The molecule has 2 aromatic rings. The second kappa shape index (κ2) is 8.15. The van der Waals surface area contributed by atoms with Crippen LogP contribution in [0.15, 0.2) is 30.3 Å². The number of carbonyl (C=O) groups excluding carboxylic acids is 1. The quantitative estimate of drug-likeness (QED) is 0.791. The van der Waals surface area contributed by atoms with E-state index in [2.05, 4.69) is 29.9 Å². The number of carbonyl (C=O) groups is 1. The SMILES string of the molecule is Cc1cc(C#N)nc(N2CCN(C(=O)CC(C)(C)c3ccc(Cl)cc3)CC2)n1. The van der Waals surface area contributed by atoms with Gasteiger partial charge in [-0.05, 0) is 36.1 Å². The zero-order chi connectivity index (χ0) is 20.3. The summed E-state index contributed by atoms with van der Waals surface area (Å²) in [5.74, 6) is 0.701. The molecule has 3 rings (SSSR count). The molecule has 0 bridgehead atoms. The van der Waals surface area contributed by atoms with Crippen molar-refractivity contribution in [3.05, 3.63) is 52.3 Å². The Morgan fingerprint density at radius 2 is 1.82 bits per heavy atom. The smallest absolute Gasteiger partial charge is 0.226 e.